The molecule has 0 fully saturated rings. The lowest BCUT2D eigenvalue weighted by molar-refractivity contribution is -0.116. The van der Waals surface area contributed by atoms with Crippen LogP contribution in [-0.4, -0.2) is 5.91 Å². The maximum Gasteiger partial charge on any atom is 0.244 e. The fourth-order valence-electron chi connectivity index (χ4n) is 1.78. The first-order chi connectivity index (χ1) is 9.97. The van der Waals surface area contributed by atoms with E-state index in [4.69, 9.17) is 23.2 Å². The molecule has 0 aliphatic heterocycles. The number of carbonyl (C=O) groups excluding carboxylic acids is 1. The summed E-state index contributed by atoms with van der Waals surface area (Å²) in [6.07, 6.45) is 3.16. The number of thiophene rings is 1. The molecule has 110 valence electrons. The van der Waals surface area contributed by atoms with Crippen molar-refractivity contribution in [1.29, 1.82) is 0 Å². The second-order valence-corrected chi connectivity index (χ2v) is 6.59. The molecule has 0 atom stereocenters. The second-order valence-electron chi connectivity index (χ2n) is 4.66. The predicted molar refractivity (Wildman–Crippen MR) is 91.1 cm³/mol. The van der Waals surface area contributed by atoms with Gasteiger partial charge in [0.05, 0.1) is 0 Å². The van der Waals surface area contributed by atoms with Crippen LogP contribution in [0, 0.1) is 13.8 Å². The van der Waals surface area contributed by atoms with E-state index in [9.17, 15) is 4.79 Å². The van der Waals surface area contributed by atoms with Crippen LogP contribution in [0.2, 0.25) is 10.0 Å². The zero-order valence-electron chi connectivity index (χ0n) is 11.7. The highest BCUT2D eigenvalue weighted by molar-refractivity contribution is 7.10. The van der Waals surface area contributed by atoms with Gasteiger partial charge in [-0.3, -0.25) is 4.79 Å². The third-order valence-corrected chi connectivity index (χ3v) is 4.84. The molecule has 0 radical (unpaired) electrons. The number of amides is 1. The molecule has 0 unspecified atom stereocenters. The summed E-state index contributed by atoms with van der Waals surface area (Å²) in [5.74, 6) is -0.149. The van der Waals surface area contributed by atoms with E-state index >= 15 is 0 Å². The van der Waals surface area contributed by atoms with Gasteiger partial charge in [0, 0.05) is 27.5 Å². The van der Waals surface area contributed by atoms with E-state index in [1.807, 2.05) is 0 Å². The molecule has 1 heterocycles. The number of nitrogens with one attached hydrogen (secondary N) is 1. The first-order valence-corrected chi connectivity index (χ1v) is 8.05. The number of halogens is 2. The van der Waals surface area contributed by atoms with Crippen LogP contribution in [0.25, 0.3) is 6.08 Å². The topological polar surface area (TPSA) is 29.1 Å². The van der Waals surface area contributed by atoms with Crippen molar-refractivity contribution in [2.24, 2.45) is 0 Å². The Bertz CT molecular complexity index is 692. The highest BCUT2D eigenvalue weighted by atomic mass is 35.5. The number of rotatable bonds is 4. The van der Waals surface area contributed by atoms with E-state index in [2.05, 4.69) is 24.5 Å². The van der Waals surface area contributed by atoms with Gasteiger partial charge in [-0.2, -0.15) is 0 Å². The quantitative estimate of drug-likeness (QED) is 0.780. The lowest BCUT2D eigenvalue weighted by Gasteiger charge is -2.02. The van der Waals surface area contributed by atoms with Crippen LogP contribution >= 0.6 is 34.5 Å². The summed E-state index contributed by atoms with van der Waals surface area (Å²) >= 11 is 13.6. The molecule has 2 rings (SSSR count). The number of benzene rings is 1. The smallest absolute Gasteiger partial charge is 0.244 e. The van der Waals surface area contributed by atoms with Crippen LogP contribution in [0.3, 0.4) is 0 Å². The zero-order valence-corrected chi connectivity index (χ0v) is 14.1. The normalized spacial score (nSPS) is 11.0. The van der Waals surface area contributed by atoms with Crippen molar-refractivity contribution in [1.82, 2.24) is 5.32 Å². The van der Waals surface area contributed by atoms with Gasteiger partial charge in [0.15, 0.2) is 0 Å². The number of carbonyl (C=O) groups is 1. The predicted octanol–water partition coefficient (Wildman–Crippen LogP) is 5.00. The van der Waals surface area contributed by atoms with Crippen LogP contribution in [0.4, 0.5) is 0 Å². The van der Waals surface area contributed by atoms with Crippen molar-refractivity contribution >= 4 is 46.5 Å². The lowest BCUT2D eigenvalue weighted by atomic mass is 10.2. The zero-order chi connectivity index (χ0) is 15.4. The summed E-state index contributed by atoms with van der Waals surface area (Å²) in [7, 11) is 0. The maximum absolute atomic E-state index is 11.8. The largest absolute Gasteiger partial charge is 0.348 e. The molecule has 0 spiro atoms. The van der Waals surface area contributed by atoms with Crippen molar-refractivity contribution in [3.05, 3.63) is 61.3 Å². The molecular weight excluding hydrogens is 325 g/mol. The molecule has 1 N–H and O–H groups in total. The van der Waals surface area contributed by atoms with Crippen molar-refractivity contribution in [3.8, 4) is 0 Å². The number of hydrogen-bond donors (Lipinski definition) is 1. The molecule has 0 aliphatic rings. The van der Waals surface area contributed by atoms with Gasteiger partial charge >= 0.3 is 0 Å². The minimum atomic E-state index is -0.149. The number of aryl methyl sites for hydroxylation is 1. The molecule has 1 aromatic carbocycles. The molecule has 1 aromatic heterocycles. The third kappa shape index (κ3) is 4.34. The molecule has 0 bridgehead atoms. The minimum Gasteiger partial charge on any atom is -0.348 e. The molecule has 0 aliphatic carbocycles. The summed E-state index contributed by atoms with van der Waals surface area (Å²) in [5, 5.41) is 6.04. The lowest BCUT2D eigenvalue weighted by Crippen LogP contribution is -2.20. The Morgan fingerprint density at radius 2 is 2.10 bits per heavy atom. The molecule has 21 heavy (non-hydrogen) atoms. The van der Waals surface area contributed by atoms with Crippen LogP contribution in [0.5, 0.6) is 0 Å². The van der Waals surface area contributed by atoms with Gasteiger partial charge in [-0.05, 0) is 54.1 Å². The highest BCUT2D eigenvalue weighted by Crippen LogP contribution is 2.22. The average molecular weight is 340 g/mol. The van der Waals surface area contributed by atoms with Crippen LogP contribution in [-0.2, 0) is 11.3 Å². The van der Waals surface area contributed by atoms with E-state index in [-0.39, 0.29) is 5.91 Å². The standard InChI is InChI=1S/C16H15Cl2NOS/c1-10-11(2)21-9-13(10)8-19-16(20)6-4-12-3-5-14(17)7-15(12)18/h3-7,9H,8H2,1-2H3,(H,19,20)/b6-4+. The second kappa shape index (κ2) is 7.12. The summed E-state index contributed by atoms with van der Waals surface area (Å²) in [6.45, 7) is 4.68. The summed E-state index contributed by atoms with van der Waals surface area (Å²) in [6, 6.07) is 5.17. The van der Waals surface area contributed by atoms with Crippen LogP contribution < -0.4 is 5.32 Å². The first kappa shape index (κ1) is 16.1. The molecular formula is C16H15Cl2NOS. The Kier molecular flexibility index (Phi) is 5.45. The van der Waals surface area contributed by atoms with Gasteiger partial charge in [-0.25, -0.2) is 0 Å². The maximum atomic E-state index is 11.8. The van der Waals surface area contributed by atoms with E-state index in [0.29, 0.717) is 16.6 Å². The van der Waals surface area contributed by atoms with Crippen molar-refractivity contribution in [2.75, 3.05) is 0 Å². The van der Waals surface area contributed by atoms with Crippen LogP contribution in [0.1, 0.15) is 21.6 Å². The van der Waals surface area contributed by atoms with Gasteiger partial charge in [0.1, 0.15) is 0 Å². The molecule has 0 saturated heterocycles. The Labute approximate surface area is 138 Å². The van der Waals surface area contributed by atoms with Gasteiger partial charge in [0.25, 0.3) is 0 Å². The molecule has 5 heteroatoms. The summed E-state index contributed by atoms with van der Waals surface area (Å²) in [5.41, 5.74) is 3.16. The Morgan fingerprint density at radius 3 is 2.71 bits per heavy atom. The Hall–Kier alpha value is -1.29. The van der Waals surface area contributed by atoms with E-state index in [0.717, 1.165) is 11.1 Å². The monoisotopic (exact) mass is 339 g/mol. The molecule has 2 nitrogen and oxygen atoms in total. The van der Waals surface area contributed by atoms with Crippen molar-refractivity contribution in [2.45, 2.75) is 20.4 Å². The van der Waals surface area contributed by atoms with Gasteiger partial charge in [-0.1, -0.05) is 29.3 Å². The van der Waals surface area contributed by atoms with Gasteiger partial charge in [0.2, 0.25) is 5.91 Å². The molecule has 0 saturated carbocycles. The van der Waals surface area contributed by atoms with Crippen molar-refractivity contribution in [3.63, 3.8) is 0 Å². The van der Waals surface area contributed by atoms with Gasteiger partial charge < -0.3 is 5.32 Å². The third-order valence-electron chi connectivity index (χ3n) is 3.22. The SMILES string of the molecule is Cc1scc(CNC(=O)/C=C/c2ccc(Cl)cc2Cl)c1C. The first-order valence-electron chi connectivity index (χ1n) is 6.42. The molecule has 1 amide bonds. The molecule has 2 aromatic rings. The van der Waals surface area contributed by atoms with Crippen molar-refractivity contribution < 1.29 is 4.79 Å². The number of hydrogen-bond acceptors (Lipinski definition) is 2. The fraction of sp³-hybridized carbons (Fsp3) is 0.188. The van der Waals surface area contributed by atoms with E-state index < -0.39 is 0 Å². The minimum absolute atomic E-state index is 0.149. The van der Waals surface area contributed by atoms with Crippen LogP contribution in [0.15, 0.2) is 29.7 Å². The Balaban J connectivity index is 1.95. The summed E-state index contributed by atoms with van der Waals surface area (Å²) < 4.78 is 0. The van der Waals surface area contributed by atoms with E-state index in [1.165, 1.54) is 16.5 Å². The Morgan fingerprint density at radius 1 is 1.33 bits per heavy atom. The fourth-order valence-corrected chi connectivity index (χ4v) is 3.14. The summed E-state index contributed by atoms with van der Waals surface area (Å²) in [4.78, 5) is 13.1. The average Bonchev–Trinajstić information content (AvgIpc) is 2.75. The highest BCUT2D eigenvalue weighted by Gasteiger charge is 2.05. The van der Waals surface area contributed by atoms with Gasteiger partial charge in [-0.15, -0.1) is 11.3 Å². The van der Waals surface area contributed by atoms with E-state index in [1.54, 1.807) is 35.6 Å².